The van der Waals surface area contributed by atoms with Crippen LogP contribution in [-0.2, 0) is 43.8 Å². The van der Waals surface area contributed by atoms with Crippen molar-refractivity contribution in [3.8, 4) is 0 Å². The first kappa shape index (κ1) is 37.6. The Balaban J connectivity index is 0.000000251. The maximum Gasteiger partial charge on any atom is 0.209 e. The second-order valence-corrected chi connectivity index (χ2v) is 16.0. The molecule has 0 aliphatic rings. The van der Waals surface area contributed by atoms with Gasteiger partial charge < -0.3 is 18.1 Å². The van der Waals surface area contributed by atoms with E-state index in [1.54, 1.807) is 14.1 Å². The molecule has 0 fully saturated rings. The maximum absolute atomic E-state index is 5.98. The summed E-state index contributed by atoms with van der Waals surface area (Å²) in [5, 5.41) is 0. The molecule has 0 saturated heterocycles. The van der Waals surface area contributed by atoms with Gasteiger partial charge in [0.2, 0.25) is 15.0 Å². The molecule has 0 aliphatic heterocycles. The van der Waals surface area contributed by atoms with Crippen molar-refractivity contribution in [2.45, 2.75) is 38.5 Å². The fourth-order valence-corrected chi connectivity index (χ4v) is 6.98. The summed E-state index contributed by atoms with van der Waals surface area (Å²) in [5.74, 6) is 0. The Labute approximate surface area is 277 Å². The summed E-state index contributed by atoms with van der Waals surface area (Å²) in [5.41, 5.74) is 5.24. The first-order chi connectivity index (χ1) is 22.4. The predicted octanol–water partition coefficient (Wildman–Crippen LogP) is 10.4. The van der Waals surface area contributed by atoms with Gasteiger partial charge in [-0.15, -0.1) is 0 Å². The number of aryl methyl sites for hydroxylation is 2. The number of rotatable bonds is 18. The molecule has 0 radical (unpaired) electrons. The van der Waals surface area contributed by atoms with Gasteiger partial charge in [0.15, 0.2) is 0 Å². The van der Waals surface area contributed by atoms with E-state index < -0.39 is 15.0 Å². The zero-order chi connectivity index (χ0) is 32.8. The van der Waals surface area contributed by atoms with Crippen LogP contribution in [-0.4, -0.2) is 53.9 Å². The van der Waals surface area contributed by atoms with Crippen LogP contribution in [0.5, 0.6) is 0 Å². The third-order valence-corrected chi connectivity index (χ3v) is 11.5. The minimum atomic E-state index is -2.10. The fraction of sp³-hybridized carbons (Fsp3) is 0.368. The van der Waals surface area contributed by atoms with E-state index in [-0.39, 0.29) is 0 Å². The summed E-state index contributed by atoms with van der Waals surface area (Å²) in [6.07, 6.45) is 5.80. The minimum Gasteiger partial charge on any atom is -0.324 e. The van der Waals surface area contributed by atoms with Gasteiger partial charge in [-0.25, -0.2) is 0 Å². The summed E-state index contributed by atoms with van der Waals surface area (Å²) < 4.78 is 32.6. The Bertz CT molecular complexity index is 1350. The Morgan fingerprint density at radius 2 is 0.652 bits per heavy atom. The SMILES string of the molecule is CN=P(C)(OCCCc1ccccc1)OCCCc1ccccc1.CN=P(C)(OCCc1ccccc1)OCCc1ccccc1. The number of benzene rings is 4. The number of hydrogen-bond donors (Lipinski definition) is 0. The first-order valence-corrected chi connectivity index (χ1v) is 20.2. The summed E-state index contributed by atoms with van der Waals surface area (Å²) in [6.45, 7) is 6.62. The van der Waals surface area contributed by atoms with E-state index in [1.807, 2.05) is 61.9 Å². The molecule has 248 valence electrons. The topological polar surface area (TPSA) is 61.6 Å². The van der Waals surface area contributed by atoms with Crippen molar-refractivity contribution in [2.24, 2.45) is 9.49 Å². The van der Waals surface area contributed by atoms with Crippen LogP contribution in [0.4, 0.5) is 0 Å². The fourth-order valence-electron chi connectivity index (χ4n) is 4.57. The van der Waals surface area contributed by atoms with Crippen molar-refractivity contribution in [3.63, 3.8) is 0 Å². The van der Waals surface area contributed by atoms with Gasteiger partial charge in [-0.05, 0) is 60.8 Å². The largest absolute Gasteiger partial charge is 0.324 e. The highest BCUT2D eigenvalue weighted by molar-refractivity contribution is 7.55. The molecule has 0 heterocycles. The molecule has 0 amide bonds. The molecule has 4 rings (SSSR count). The van der Waals surface area contributed by atoms with Gasteiger partial charge >= 0.3 is 0 Å². The molecule has 4 aromatic carbocycles. The highest BCUT2D eigenvalue weighted by Crippen LogP contribution is 2.48. The van der Waals surface area contributed by atoms with Crippen LogP contribution in [0.25, 0.3) is 0 Å². The van der Waals surface area contributed by atoms with Crippen LogP contribution < -0.4 is 0 Å². The van der Waals surface area contributed by atoms with Crippen molar-refractivity contribution >= 4 is 15.0 Å². The average molecular weight is 663 g/mol. The lowest BCUT2D eigenvalue weighted by molar-refractivity contribution is 0.238. The normalized spacial score (nSPS) is 11.4. The Hall–Kier alpha value is -2.82. The van der Waals surface area contributed by atoms with E-state index in [1.165, 1.54) is 22.3 Å². The van der Waals surface area contributed by atoms with Crippen LogP contribution in [0, 0.1) is 0 Å². The van der Waals surface area contributed by atoms with Crippen LogP contribution >= 0.6 is 15.0 Å². The smallest absolute Gasteiger partial charge is 0.209 e. The molecular weight excluding hydrogens is 610 g/mol. The molecule has 6 nitrogen and oxygen atoms in total. The van der Waals surface area contributed by atoms with E-state index in [4.69, 9.17) is 18.1 Å². The lowest BCUT2D eigenvalue weighted by Crippen LogP contribution is -2.02. The molecule has 0 saturated carbocycles. The molecule has 0 aromatic heterocycles. The van der Waals surface area contributed by atoms with Gasteiger partial charge in [-0.2, -0.15) is 0 Å². The van der Waals surface area contributed by atoms with E-state index in [2.05, 4.69) is 82.3 Å². The van der Waals surface area contributed by atoms with Gasteiger partial charge in [-0.3, -0.25) is 9.49 Å². The number of hydrogen-bond acceptors (Lipinski definition) is 6. The molecule has 0 unspecified atom stereocenters. The van der Waals surface area contributed by atoms with Crippen molar-refractivity contribution in [1.29, 1.82) is 0 Å². The molecule has 0 atom stereocenters. The van der Waals surface area contributed by atoms with Crippen LogP contribution in [0.1, 0.15) is 35.1 Å². The Morgan fingerprint density at radius 3 is 0.935 bits per heavy atom. The molecule has 0 N–H and O–H groups in total. The van der Waals surface area contributed by atoms with Crippen LogP contribution in [0.3, 0.4) is 0 Å². The lowest BCUT2D eigenvalue weighted by Gasteiger charge is -2.20. The van der Waals surface area contributed by atoms with Gasteiger partial charge in [0.25, 0.3) is 0 Å². The van der Waals surface area contributed by atoms with Gasteiger partial charge in [0.1, 0.15) is 0 Å². The third kappa shape index (κ3) is 15.6. The summed E-state index contributed by atoms with van der Waals surface area (Å²) in [4.78, 5) is 0. The van der Waals surface area contributed by atoms with Crippen LogP contribution in [0.2, 0.25) is 0 Å². The van der Waals surface area contributed by atoms with E-state index in [9.17, 15) is 0 Å². The predicted molar refractivity (Wildman–Crippen MR) is 196 cm³/mol. The second-order valence-electron chi connectivity index (χ2n) is 11.0. The molecule has 0 bridgehead atoms. The van der Waals surface area contributed by atoms with E-state index in [0.29, 0.717) is 26.4 Å². The van der Waals surface area contributed by atoms with Crippen molar-refractivity contribution in [2.75, 3.05) is 53.9 Å². The standard InChI is InChI=1S/C20H28NO2P.C18H24NO2P/c1-21-24(2,22-17-9-15-19-11-5-3-6-12-19)23-18-10-16-20-13-7-4-8-14-20;1-19-22(2,20-15-13-17-9-5-3-6-10-17)21-16-14-18-11-7-4-8-12-18/h3-8,11-14H,9-10,15-18H2,1-2H3;3-12H,13-16H2,1-2H3. The Kier molecular flexibility index (Phi) is 17.9. The lowest BCUT2D eigenvalue weighted by atomic mass is 10.1. The number of nitrogens with zero attached hydrogens (tertiary/aromatic N) is 2. The zero-order valence-electron chi connectivity index (χ0n) is 28.0. The summed E-state index contributed by atoms with van der Waals surface area (Å²) in [6, 6.07) is 41.7. The quantitative estimate of drug-likeness (QED) is 0.0786. The van der Waals surface area contributed by atoms with Crippen molar-refractivity contribution in [3.05, 3.63) is 144 Å². The minimum absolute atomic E-state index is 0.636. The van der Waals surface area contributed by atoms with Crippen molar-refractivity contribution in [1.82, 2.24) is 0 Å². The molecule has 8 heteroatoms. The second kappa shape index (κ2) is 21.9. The molecule has 46 heavy (non-hydrogen) atoms. The molecular formula is C38H52N2O4P2. The van der Waals surface area contributed by atoms with Crippen molar-refractivity contribution < 1.29 is 18.1 Å². The molecule has 0 spiro atoms. The van der Waals surface area contributed by atoms with Gasteiger partial charge in [-0.1, -0.05) is 121 Å². The summed E-state index contributed by atoms with van der Waals surface area (Å²) in [7, 11) is -0.597. The molecule has 0 aliphatic carbocycles. The third-order valence-electron chi connectivity index (χ3n) is 7.42. The van der Waals surface area contributed by atoms with E-state index >= 15 is 0 Å². The van der Waals surface area contributed by atoms with Gasteiger partial charge in [0.05, 0.1) is 26.4 Å². The monoisotopic (exact) mass is 662 g/mol. The van der Waals surface area contributed by atoms with E-state index in [0.717, 1.165) is 38.5 Å². The average Bonchev–Trinajstić information content (AvgIpc) is 3.11. The first-order valence-electron chi connectivity index (χ1n) is 16.1. The highest BCUT2D eigenvalue weighted by atomic mass is 31.2. The Morgan fingerprint density at radius 1 is 0.391 bits per heavy atom. The maximum atomic E-state index is 5.98. The van der Waals surface area contributed by atoms with Crippen LogP contribution in [0.15, 0.2) is 131 Å². The highest BCUT2D eigenvalue weighted by Gasteiger charge is 2.14. The van der Waals surface area contributed by atoms with Gasteiger partial charge in [0, 0.05) is 27.4 Å². The molecule has 4 aromatic rings. The summed E-state index contributed by atoms with van der Waals surface area (Å²) >= 11 is 0. The zero-order valence-corrected chi connectivity index (χ0v) is 29.8.